The second-order valence-corrected chi connectivity index (χ2v) is 10.7. The van der Waals surface area contributed by atoms with Crippen molar-refractivity contribution in [3.05, 3.63) is 89.3 Å². The van der Waals surface area contributed by atoms with Crippen LogP contribution in [0.5, 0.6) is 0 Å². The van der Waals surface area contributed by atoms with E-state index in [-0.39, 0.29) is 24.2 Å². The topological polar surface area (TPSA) is 105 Å². The second-order valence-electron chi connectivity index (χ2n) is 10.3. The van der Waals surface area contributed by atoms with Crippen molar-refractivity contribution in [3.8, 4) is 0 Å². The first kappa shape index (κ1) is 29.3. The van der Waals surface area contributed by atoms with Crippen LogP contribution in [-0.2, 0) is 24.4 Å². The zero-order valence-electron chi connectivity index (χ0n) is 23.3. The third-order valence-corrected chi connectivity index (χ3v) is 7.87. The van der Waals surface area contributed by atoms with Gasteiger partial charge in [0, 0.05) is 51.0 Å². The summed E-state index contributed by atoms with van der Waals surface area (Å²) in [4.78, 5) is 38.1. The Bertz CT molecular complexity index is 1550. The van der Waals surface area contributed by atoms with Crippen molar-refractivity contribution in [1.82, 2.24) is 29.7 Å². The van der Waals surface area contributed by atoms with Gasteiger partial charge in [-0.05, 0) is 42.5 Å². The minimum absolute atomic E-state index is 0.0170. The molecule has 4 aromatic rings. The number of aromatic nitrogens is 3. The smallest absolute Gasteiger partial charge is 0.412 e. The highest BCUT2D eigenvalue weighted by Gasteiger charge is 2.23. The average molecular weight is 594 g/mol. The van der Waals surface area contributed by atoms with Gasteiger partial charge in [-0.3, -0.25) is 10.2 Å². The number of benzene rings is 2. The standard InChI is InChI=1S/C30H33ClFN7O3/c1-37(29(40)35-16-23-8-4-10-26(32)28(23)31)24(9-5-11-38-12-13-39-20-33-17-25(39)18-38)19-42-30(41)36-27-14-21-6-2-3-7-22(21)15-34-27/h2-4,6-8,10,14-15,17,20,24H,5,9,11-13,16,18-19H2,1H3,(H,35,40)(H,34,36,41)/t24-/m0/s1. The number of rotatable bonds is 10. The molecule has 3 amide bonds. The molecule has 2 aromatic carbocycles. The number of fused-ring (bicyclic) bond motifs is 2. The van der Waals surface area contributed by atoms with Crippen LogP contribution < -0.4 is 10.6 Å². The van der Waals surface area contributed by atoms with Crippen molar-refractivity contribution in [3.63, 3.8) is 0 Å². The van der Waals surface area contributed by atoms with E-state index >= 15 is 0 Å². The van der Waals surface area contributed by atoms with Gasteiger partial charge < -0.3 is 19.5 Å². The predicted octanol–water partition coefficient (Wildman–Crippen LogP) is 5.28. The van der Waals surface area contributed by atoms with Gasteiger partial charge in [-0.2, -0.15) is 0 Å². The summed E-state index contributed by atoms with van der Waals surface area (Å²) in [5, 5.41) is 7.34. The fraction of sp³-hybridized carbons (Fsp3) is 0.333. The number of likely N-dealkylation sites (N-methyl/N-ethyl adjacent to an activating group) is 1. The van der Waals surface area contributed by atoms with E-state index in [1.165, 1.54) is 16.7 Å². The highest BCUT2D eigenvalue weighted by atomic mass is 35.5. The number of nitrogens with zero attached hydrogens (tertiary/aromatic N) is 5. The molecule has 0 saturated carbocycles. The third kappa shape index (κ3) is 7.34. The molecule has 0 aliphatic carbocycles. The molecule has 1 aliphatic rings. The Morgan fingerprint density at radius 2 is 1.98 bits per heavy atom. The Kier molecular flexibility index (Phi) is 9.50. The summed E-state index contributed by atoms with van der Waals surface area (Å²) in [6.45, 7) is 3.47. The van der Waals surface area contributed by atoms with Gasteiger partial charge in [0.05, 0.1) is 23.1 Å². The molecule has 2 aromatic heterocycles. The zero-order valence-corrected chi connectivity index (χ0v) is 24.1. The van der Waals surface area contributed by atoms with Gasteiger partial charge in [0.25, 0.3) is 0 Å². The van der Waals surface area contributed by atoms with Gasteiger partial charge in [0.2, 0.25) is 0 Å². The van der Waals surface area contributed by atoms with Crippen molar-refractivity contribution in [1.29, 1.82) is 0 Å². The lowest BCUT2D eigenvalue weighted by molar-refractivity contribution is 0.110. The van der Waals surface area contributed by atoms with E-state index in [9.17, 15) is 14.0 Å². The molecule has 0 unspecified atom stereocenters. The fourth-order valence-electron chi connectivity index (χ4n) is 4.98. The SMILES string of the molecule is CN(C(=O)NCc1cccc(F)c1Cl)[C@@H](CCCN1CCn2cncc2C1)COC(=O)Nc1cc2ccccc2cn1. The van der Waals surface area contributed by atoms with E-state index < -0.39 is 18.0 Å². The number of pyridine rings is 1. The molecule has 0 spiro atoms. The van der Waals surface area contributed by atoms with Crippen LogP contribution in [0.2, 0.25) is 5.02 Å². The van der Waals surface area contributed by atoms with Crippen molar-refractivity contribution >= 4 is 40.3 Å². The van der Waals surface area contributed by atoms with Crippen LogP contribution in [0.15, 0.2) is 67.3 Å². The quantitative estimate of drug-likeness (QED) is 0.259. The summed E-state index contributed by atoms with van der Waals surface area (Å²) >= 11 is 6.05. The number of halogens is 2. The maximum absolute atomic E-state index is 13.8. The Morgan fingerprint density at radius 1 is 1.14 bits per heavy atom. The molecule has 0 radical (unpaired) electrons. The summed E-state index contributed by atoms with van der Waals surface area (Å²) in [5.41, 5.74) is 1.64. The Balaban J connectivity index is 1.18. The van der Waals surface area contributed by atoms with Crippen LogP contribution in [0.25, 0.3) is 10.8 Å². The third-order valence-electron chi connectivity index (χ3n) is 7.45. The highest BCUT2D eigenvalue weighted by Crippen LogP contribution is 2.20. The van der Waals surface area contributed by atoms with Gasteiger partial charge in [-0.15, -0.1) is 0 Å². The molecular formula is C30H33ClFN7O3. The van der Waals surface area contributed by atoms with Gasteiger partial charge in [-0.1, -0.05) is 48.0 Å². The monoisotopic (exact) mass is 593 g/mol. The zero-order chi connectivity index (χ0) is 29.5. The van der Waals surface area contributed by atoms with Crippen molar-refractivity contribution in [2.75, 3.05) is 32.1 Å². The lowest BCUT2D eigenvalue weighted by Crippen LogP contribution is -2.46. The number of carbonyl (C=O) groups is 2. The fourth-order valence-corrected chi connectivity index (χ4v) is 5.17. The first-order valence-electron chi connectivity index (χ1n) is 13.8. The van der Waals surface area contributed by atoms with Crippen LogP contribution >= 0.6 is 11.6 Å². The van der Waals surface area contributed by atoms with Crippen LogP contribution in [0.4, 0.5) is 19.8 Å². The maximum Gasteiger partial charge on any atom is 0.412 e. The summed E-state index contributed by atoms with van der Waals surface area (Å²) in [6, 6.07) is 13.2. The summed E-state index contributed by atoms with van der Waals surface area (Å²) in [5.74, 6) is -0.173. The van der Waals surface area contributed by atoms with E-state index in [1.807, 2.05) is 36.8 Å². The average Bonchev–Trinajstić information content (AvgIpc) is 3.47. The molecule has 2 N–H and O–H groups in total. The number of hydrogen-bond donors (Lipinski definition) is 2. The summed E-state index contributed by atoms with van der Waals surface area (Å²) < 4.78 is 21.5. The van der Waals surface area contributed by atoms with E-state index in [1.54, 1.807) is 31.4 Å². The molecule has 1 atom stereocenters. The lowest BCUT2D eigenvalue weighted by atomic mass is 10.1. The number of hydrogen-bond acceptors (Lipinski definition) is 6. The molecule has 0 saturated heterocycles. The van der Waals surface area contributed by atoms with Gasteiger partial charge >= 0.3 is 12.1 Å². The van der Waals surface area contributed by atoms with Crippen molar-refractivity contribution in [2.45, 2.75) is 38.5 Å². The van der Waals surface area contributed by atoms with Crippen LogP contribution in [-0.4, -0.2) is 69.2 Å². The number of anilines is 1. The molecule has 5 rings (SSSR count). The molecule has 0 bridgehead atoms. The van der Waals surface area contributed by atoms with E-state index in [0.29, 0.717) is 17.8 Å². The van der Waals surface area contributed by atoms with Crippen LogP contribution in [0, 0.1) is 5.82 Å². The lowest BCUT2D eigenvalue weighted by Gasteiger charge is -2.31. The molecule has 1 aliphatic heterocycles. The molecule has 42 heavy (non-hydrogen) atoms. The van der Waals surface area contributed by atoms with E-state index in [0.717, 1.165) is 43.4 Å². The van der Waals surface area contributed by atoms with E-state index in [2.05, 4.69) is 30.1 Å². The van der Waals surface area contributed by atoms with Crippen molar-refractivity contribution < 1.29 is 18.7 Å². The number of ether oxygens (including phenoxy) is 1. The van der Waals surface area contributed by atoms with Gasteiger partial charge in [0.1, 0.15) is 18.2 Å². The van der Waals surface area contributed by atoms with Crippen molar-refractivity contribution in [2.24, 2.45) is 0 Å². The largest absolute Gasteiger partial charge is 0.447 e. The van der Waals surface area contributed by atoms with Crippen LogP contribution in [0.1, 0.15) is 24.1 Å². The number of urea groups is 1. The van der Waals surface area contributed by atoms with Gasteiger partial charge in [0.15, 0.2) is 0 Å². The predicted molar refractivity (Wildman–Crippen MR) is 159 cm³/mol. The summed E-state index contributed by atoms with van der Waals surface area (Å²) in [7, 11) is 1.65. The molecule has 12 heteroatoms. The minimum atomic E-state index is -0.660. The molecule has 220 valence electrons. The molecular weight excluding hydrogens is 561 g/mol. The number of amides is 3. The minimum Gasteiger partial charge on any atom is -0.447 e. The number of carbonyl (C=O) groups excluding carboxylic acids is 2. The maximum atomic E-state index is 13.8. The Labute approximate surface area is 248 Å². The molecule has 10 nitrogen and oxygen atoms in total. The molecule has 3 heterocycles. The number of imidazole rings is 1. The summed E-state index contributed by atoms with van der Waals surface area (Å²) in [6.07, 6.45) is 6.14. The Hall–Kier alpha value is -4.22. The highest BCUT2D eigenvalue weighted by molar-refractivity contribution is 6.31. The first-order chi connectivity index (χ1) is 20.4. The molecule has 0 fully saturated rings. The number of nitrogens with one attached hydrogen (secondary N) is 2. The Morgan fingerprint density at radius 3 is 2.83 bits per heavy atom. The normalized spacial score (nSPS) is 13.8. The first-order valence-corrected chi connectivity index (χ1v) is 14.2. The second kappa shape index (κ2) is 13.6. The van der Waals surface area contributed by atoms with E-state index in [4.69, 9.17) is 16.3 Å². The van der Waals surface area contributed by atoms with Gasteiger partial charge in [-0.25, -0.2) is 23.9 Å². The van der Waals surface area contributed by atoms with Crippen LogP contribution in [0.3, 0.4) is 0 Å².